The monoisotopic (exact) mass is 362 g/mol. The fraction of sp³-hybridized carbons (Fsp3) is 0.0500. The summed E-state index contributed by atoms with van der Waals surface area (Å²) in [6, 6.07) is 14.4. The first kappa shape index (κ1) is 16.9. The number of nitrogens with one attached hydrogen (secondary N) is 1. The molecule has 2 aromatic heterocycles. The molecular weight excluding hydrogens is 347 g/mol. The topological polar surface area (TPSA) is 80.0 Å². The fourth-order valence-corrected chi connectivity index (χ4v) is 2.79. The van der Waals surface area contributed by atoms with E-state index in [1.807, 2.05) is 0 Å². The summed E-state index contributed by atoms with van der Waals surface area (Å²) in [5, 5.41) is 12.5. The molecule has 27 heavy (non-hydrogen) atoms. The Morgan fingerprint density at radius 1 is 1.11 bits per heavy atom. The minimum atomic E-state index is -0.501. The number of nitrogens with zero attached hydrogens (tertiary/aromatic N) is 3. The molecule has 6 nitrogen and oxygen atoms in total. The highest BCUT2D eigenvalue weighted by Crippen LogP contribution is 2.20. The van der Waals surface area contributed by atoms with Crippen molar-refractivity contribution in [3.63, 3.8) is 0 Å². The van der Waals surface area contributed by atoms with E-state index >= 15 is 0 Å². The average Bonchev–Trinajstić information content (AvgIpc) is 2.70. The van der Waals surface area contributed by atoms with Crippen LogP contribution in [0.25, 0.3) is 16.6 Å². The molecule has 2 aromatic carbocycles. The zero-order valence-corrected chi connectivity index (χ0v) is 14.1. The van der Waals surface area contributed by atoms with Crippen molar-refractivity contribution in [2.45, 2.75) is 6.61 Å². The van der Waals surface area contributed by atoms with E-state index in [1.165, 1.54) is 29.0 Å². The van der Waals surface area contributed by atoms with Crippen molar-refractivity contribution in [2.75, 3.05) is 5.32 Å². The average molecular weight is 362 g/mol. The standard InChI is InChI=1S/C20H15FN4O2/c21-14-5-8-18-17(10-14)19(27)25(16-2-1-9-22-11-16)20(24-18)23-15-6-3-13(12-26)4-7-15/h1-11,26H,12H2,(H,23,24). The van der Waals surface area contributed by atoms with Crippen molar-refractivity contribution in [3.8, 4) is 5.69 Å². The van der Waals surface area contributed by atoms with Gasteiger partial charge in [-0.3, -0.25) is 9.78 Å². The number of benzene rings is 2. The number of aliphatic hydroxyl groups excluding tert-OH is 1. The molecule has 0 spiro atoms. The summed E-state index contributed by atoms with van der Waals surface area (Å²) in [5.41, 5.74) is 1.96. The van der Waals surface area contributed by atoms with Crippen LogP contribution < -0.4 is 10.9 Å². The maximum Gasteiger partial charge on any atom is 0.267 e. The normalized spacial score (nSPS) is 10.9. The van der Waals surface area contributed by atoms with E-state index in [2.05, 4.69) is 15.3 Å². The van der Waals surface area contributed by atoms with E-state index in [-0.39, 0.29) is 17.9 Å². The third-order valence-electron chi connectivity index (χ3n) is 4.13. The summed E-state index contributed by atoms with van der Waals surface area (Å²) in [6.07, 6.45) is 3.14. The number of aliphatic hydroxyl groups is 1. The molecule has 0 radical (unpaired) electrons. The predicted molar refractivity (Wildman–Crippen MR) is 101 cm³/mol. The Hall–Kier alpha value is -3.58. The number of aromatic nitrogens is 3. The molecule has 4 rings (SSSR count). The largest absolute Gasteiger partial charge is 0.392 e. The second-order valence-corrected chi connectivity index (χ2v) is 5.93. The third-order valence-corrected chi connectivity index (χ3v) is 4.13. The maximum atomic E-state index is 13.6. The quantitative estimate of drug-likeness (QED) is 0.583. The van der Waals surface area contributed by atoms with Gasteiger partial charge in [0.1, 0.15) is 5.82 Å². The van der Waals surface area contributed by atoms with Crippen molar-refractivity contribution in [1.29, 1.82) is 0 Å². The van der Waals surface area contributed by atoms with E-state index in [0.29, 0.717) is 16.9 Å². The highest BCUT2D eigenvalue weighted by atomic mass is 19.1. The first-order valence-corrected chi connectivity index (χ1v) is 8.25. The molecule has 2 N–H and O–H groups in total. The van der Waals surface area contributed by atoms with Gasteiger partial charge in [0.15, 0.2) is 0 Å². The summed E-state index contributed by atoms with van der Waals surface area (Å²) in [6.45, 7) is -0.0551. The lowest BCUT2D eigenvalue weighted by molar-refractivity contribution is 0.282. The van der Waals surface area contributed by atoms with Crippen molar-refractivity contribution < 1.29 is 9.50 Å². The van der Waals surface area contributed by atoms with Crippen LogP contribution in [0, 0.1) is 5.82 Å². The van der Waals surface area contributed by atoms with E-state index in [4.69, 9.17) is 0 Å². The van der Waals surface area contributed by atoms with Gasteiger partial charge < -0.3 is 10.4 Å². The van der Waals surface area contributed by atoms with E-state index in [9.17, 15) is 14.3 Å². The van der Waals surface area contributed by atoms with Crippen LogP contribution in [-0.2, 0) is 6.61 Å². The number of hydrogen-bond acceptors (Lipinski definition) is 5. The molecule has 134 valence electrons. The smallest absolute Gasteiger partial charge is 0.267 e. The first-order valence-electron chi connectivity index (χ1n) is 8.25. The van der Waals surface area contributed by atoms with Crippen molar-refractivity contribution in [1.82, 2.24) is 14.5 Å². The Bertz CT molecular complexity index is 1160. The zero-order valence-electron chi connectivity index (χ0n) is 14.1. The Morgan fingerprint density at radius 2 is 1.93 bits per heavy atom. The van der Waals surface area contributed by atoms with Gasteiger partial charge in [0.25, 0.3) is 5.56 Å². The first-order chi connectivity index (χ1) is 13.2. The molecule has 7 heteroatoms. The van der Waals surface area contributed by atoms with E-state index in [0.717, 1.165) is 5.56 Å². The van der Waals surface area contributed by atoms with Crippen LogP contribution in [0.1, 0.15) is 5.56 Å². The third kappa shape index (κ3) is 3.28. The summed E-state index contributed by atoms with van der Waals surface area (Å²) in [5.74, 6) is -0.219. The molecule has 0 aliphatic carbocycles. The summed E-state index contributed by atoms with van der Waals surface area (Å²) in [7, 11) is 0. The number of halogens is 1. The van der Waals surface area contributed by atoms with Gasteiger partial charge in [-0.05, 0) is 48.0 Å². The van der Waals surface area contributed by atoms with Gasteiger partial charge in [0.05, 0.1) is 29.4 Å². The van der Waals surface area contributed by atoms with Crippen LogP contribution in [0.5, 0.6) is 0 Å². The number of anilines is 2. The Balaban J connectivity index is 1.91. The van der Waals surface area contributed by atoms with Gasteiger partial charge in [-0.1, -0.05) is 12.1 Å². The van der Waals surface area contributed by atoms with E-state index < -0.39 is 11.4 Å². The molecule has 0 unspecified atom stereocenters. The number of fused-ring (bicyclic) bond motifs is 1. The maximum absolute atomic E-state index is 13.6. The Kier molecular flexibility index (Phi) is 4.35. The highest BCUT2D eigenvalue weighted by Gasteiger charge is 2.14. The van der Waals surface area contributed by atoms with Crippen molar-refractivity contribution in [2.24, 2.45) is 0 Å². The number of hydrogen-bond donors (Lipinski definition) is 2. The molecule has 4 aromatic rings. The lowest BCUT2D eigenvalue weighted by Gasteiger charge is -2.15. The minimum absolute atomic E-state index is 0.0551. The lowest BCUT2D eigenvalue weighted by atomic mass is 10.2. The van der Waals surface area contributed by atoms with Gasteiger partial charge in [-0.15, -0.1) is 0 Å². The molecule has 0 atom stereocenters. The van der Waals surface area contributed by atoms with Crippen molar-refractivity contribution in [3.05, 3.63) is 88.7 Å². The number of pyridine rings is 1. The molecule has 2 heterocycles. The van der Waals surface area contributed by atoms with Crippen LogP contribution in [0.15, 0.2) is 71.8 Å². The summed E-state index contributed by atoms with van der Waals surface area (Å²) < 4.78 is 15.0. The second-order valence-electron chi connectivity index (χ2n) is 5.93. The summed E-state index contributed by atoms with van der Waals surface area (Å²) >= 11 is 0. The number of rotatable bonds is 4. The van der Waals surface area contributed by atoms with Crippen LogP contribution in [0.4, 0.5) is 16.0 Å². The van der Waals surface area contributed by atoms with Gasteiger partial charge in [-0.25, -0.2) is 13.9 Å². The van der Waals surface area contributed by atoms with Crippen molar-refractivity contribution >= 4 is 22.5 Å². The SMILES string of the molecule is O=c1c2cc(F)ccc2nc(Nc2ccc(CO)cc2)n1-c1cccnc1. The summed E-state index contributed by atoms with van der Waals surface area (Å²) in [4.78, 5) is 21.6. The van der Waals surface area contributed by atoms with Gasteiger partial charge >= 0.3 is 0 Å². The second kappa shape index (κ2) is 6.97. The molecule has 0 saturated carbocycles. The Labute approximate surface area is 153 Å². The molecule has 0 bridgehead atoms. The Morgan fingerprint density at radius 3 is 2.63 bits per heavy atom. The minimum Gasteiger partial charge on any atom is -0.392 e. The zero-order chi connectivity index (χ0) is 18.8. The van der Waals surface area contributed by atoms with E-state index in [1.54, 1.807) is 42.6 Å². The highest BCUT2D eigenvalue weighted by molar-refractivity contribution is 5.80. The van der Waals surface area contributed by atoms with Crippen LogP contribution in [0.3, 0.4) is 0 Å². The molecule has 0 saturated heterocycles. The van der Waals surface area contributed by atoms with Gasteiger partial charge in [-0.2, -0.15) is 0 Å². The molecule has 0 fully saturated rings. The van der Waals surface area contributed by atoms with Crippen LogP contribution in [0.2, 0.25) is 0 Å². The van der Waals surface area contributed by atoms with Crippen LogP contribution >= 0.6 is 0 Å². The lowest BCUT2D eigenvalue weighted by Crippen LogP contribution is -2.23. The predicted octanol–water partition coefficient (Wildman–Crippen LogP) is 3.16. The van der Waals surface area contributed by atoms with Crippen LogP contribution in [-0.4, -0.2) is 19.6 Å². The fourth-order valence-electron chi connectivity index (χ4n) is 2.79. The molecule has 0 amide bonds. The molecular formula is C20H15FN4O2. The molecule has 0 aliphatic rings. The van der Waals surface area contributed by atoms with Gasteiger partial charge in [0, 0.05) is 11.9 Å². The van der Waals surface area contributed by atoms with Gasteiger partial charge in [0.2, 0.25) is 5.95 Å². The molecule has 0 aliphatic heterocycles.